The zero-order valence-electron chi connectivity index (χ0n) is 12.3. The van der Waals surface area contributed by atoms with Crippen LogP contribution in [0, 0.1) is 0 Å². The summed E-state index contributed by atoms with van der Waals surface area (Å²) in [4.78, 5) is 0. The van der Waals surface area contributed by atoms with Crippen molar-refractivity contribution in [3.05, 3.63) is 35.6 Å². The Labute approximate surface area is 118 Å². The lowest BCUT2D eigenvalue weighted by molar-refractivity contribution is 0.352. The van der Waals surface area contributed by atoms with Crippen LogP contribution in [0.1, 0.15) is 31.1 Å². The average Bonchev–Trinajstić information content (AvgIpc) is 2.93. The predicted molar refractivity (Wildman–Crippen MR) is 77.5 cm³/mol. The van der Waals surface area contributed by atoms with E-state index in [4.69, 9.17) is 14.0 Å². The first-order valence-corrected chi connectivity index (χ1v) is 6.56. The number of benzene rings is 1. The summed E-state index contributed by atoms with van der Waals surface area (Å²) in [5, 5.41) is 7.21. The molecule has 0 bridgehead atoms. The van der Waals surface area contributed by atoms with Gasteiger partial charge in [-0.05, 0) is 6.07 Å². The number of nitrogens with zero attached hydrogens (tertiary/aromatic N) is 1. The van der Waals surface area contributed by atoms with Crippen LogP contribution < -0.4 is 14.8 Å². The minimum absolute atomic E-state index is 0.324. The number of aromatic nitrogens is 1. The third-order valence-corrected chi connectivity index (χ3v) is 3.04. The maximum absolute atomic E-state index is 5.39. The van der Waals surface area contributed by atoms with Crippen LogP contribution in [0.15, 0.2) is 28.8 Å². The maximum Gasteiger partial charge on any atom is 0.169 e. The zero-order chi connectivity index (χ0) is 14.5. The normalized spacial score (nSPS) is 10.7. The van der Waals surface area contributed by atoms with E-state index in [1.165, 1.54) is 0 Å². The molecule has 5 nitrogen and oxygen atoms in total. The summed E-state index contributed by atoms with van der Waals surface area (Å²) in [7, 11) is 3.26. The standard InChI is InChI=1S/C15H20N2O3/c1-10(2)13-8-14(17-20-13)16-9-11-6-5-7-12(18-3)15(11)19-4/h5-8,10H,9H2,1-4H3,(H,16,17). The van der Waals surface area contributed by atoms with Crippen molar-refractivity contribution >= 4 is 5.82 Å². The lowest BCUT2D eigenvalue weighted by atomic mass is 10.1. The quantitative estimate of drug-likeness (QED) is 0.876. The van der Waals surface area contributed by atoms with E-state index < -0.39 is 0 Å². The fourth-order valence-corrected chi connectivity index (χ4v) is 1.92. The molecule has 1 aromatic carbocycles. The van der Waals surface area contributed by atoms with Gasteiger partial charge in [-0.15, -0.1) is 0 Å². The van der Waals surface area contributed by atoms with Crippen molar-refractivity contribution in [1.29, 1.82) is 0 Å². The molecule has 2 aromatic rings. The molecule has 0 unspecified atom stereocenters. The molecular formula is C15H20N2O3. The zero-order valence-corrected chi connectivity index (χ0v) is 12.3. The van der Waals surface area contributed by atoms with Crippen LogP contribution in [0.25, 0.3) is 0 Å². The van der Waals surface area contributed by atoms with Crippen LogP contribution in [-0.4, -0.2) is 19.4 Å². The fourth-order valence-electron chi connectivity index (χ4n) is 1.92. The van der Waals surface area contributed by atoms with Crippen LogP contribution in [-0.2, 0) is 6.54 Å². The Bertz CT molecular complexity index is 564. The highest BCUT2D eigenvalue weighted by molar-refractivity contribution is 5.48. The van der Waals surface area contributed by atoms with Crippen molar-refractivity contribution < 1.29 is 14.0 Å². The molecule has 0 aliphatic rings. The molecular weight excluding hydrogens is 256 g/mol. The Morgan fingerprint density at radius 1 is 1.25 bits per heavy atom. The first kappa shape index (κ1) is 14.2. The van der Waals surface area contributed by atoms with Crippen molar-refractivity contribution in [3.8, 4) is 11.5 Å². The summed E-state index contributed by atoms with van der Waals surface area (Å²) in [6.07, 6.45) is 0. The molecule has 1 heterocycles. The van der Waals surface area contributed by atoms with E-state index in [1.54, 1.807) is 14.2 Å². The molecule has 0 radical (unpaired) electrons. The summed E-state index contributed by atoms with van der Waals surface area (Å²) in [5.74, 6) is 3.36. The Balaban J connectivity index is 2.10. The van der Waals surface area contributed by atoms with Gasteiger partial charge in [-0.3, -0.25) is 0 Å². The van der Waals surface area contributed by atoms with Gasteiger partial charge in [0.25, 0.3) is 0 Å². The highest BCUT2D eigenvalue weighted by Crippen LogP contribution is 2.31. The highest BCUT2D eigenvalue weighted by Gasteiger charge is 2.11. The third-order valence-electron chi connectivity index (χ3n) is 3.04. The van der Waals surface area contributed by atoms with Gasteiger partial charge >= 0.3 is 0 Å². The van der Waals surface area contributed by atoms with Crippen LogP contribution in [0.3, 0.4) is 0 Å². The number of para-hydroxylation sites is 1. The first-order valence-electron chi connectivity index (χ1n) is 6.56. The molecule has 108 valence electrons. The van der Waals surface area contributed by atoms with Crippen LogP contribution in [0.2, 0.25) is 0 Å². The van der Waals surface area contributed by atoms with E-state index in [1.807, 2.05) is 24.3 Å². The summed E-state index contributed by atoms with van der Waals surface area (Å²) >= 11 is 0. The molecule has 0 fully saturated rings. The molecule has 1 aromatic heterocycles. The SMILES string of the molecule is COc1cccc(CNc2cc(C(C)C)on2)c1OC. The van der Waals surface area contributed by atoms with E-state index in [-0.39, 0.29) is 0 Å². The second-order valence-electron chi connectivity index (χ2n) is 4.78. The Morgan fingerprint density at radius 2 is 2.05 bits per heavy atom. The summed E-state index contributed by atoms with van der Waals surface area (Å²) in [5.41, 5.74) is 1.00. The number of hydrogen-bond acceptors (Lipinski definition) is 5. The molecule has 0 aliphatic heterocycles. The van der Waals surface area contributed by atoms with Gasteiger partial charge in [0.1, 0.15) is 5.76 Å². The topological polar surface area (TPSA) is 56.5 Å². The second kappa shape index (κ2) is 6.32. The van der Waals surface area contributed by atoms with Crippen molar-refractivity contribution in [3.63, 3.8) is 0 Å². The lowest BCUT2D eigenvalue weighted by Crippen LogP contribution is -2.03. The molecule has 5 heteroatoms. The van der Waals surface area contributed by atoms with E-state index >= 15 is 0 Å². The molecule has 0 amide bonds. The summed E-state index contributed by atoms with van der Waals surface area (Å²) < 4.78 is 15.9. The van der Waals surface area contributed by atoms with Crippen molar-refractivity contribution in [1.82, 2.24) is 5.16 Å². The molecule has 20 heavy (non-hydrogen) atoms. The first-order chi connectivity index (χ1) is 9.65. The summed E-state index contributed by atoms with van der Waals surface area (Å²) in [6, 6.07) is 7.70. The molecule has 0 saturated carbocycles. The minimum atomic E-state index is 0.324. The van der Waals surface area contributed by atoms with Crippen LogP contribution in [0.5, 0.6) is 11.5 Å². The fraction of sp³-hybridized carbons (Fsp3) is 0.400. The number of methoxy groups -OCH3 is 2. The van der Waals surface area contributed by atoms with Gasteiger partial charge in [0.2, 0.25) is 0 Å². The minimum Gasteiger partial charge on any atom is -0.493 e. The van der Waals surface area contributed by atoms with Crippen molar-refractivity contribution in [2.45, 2.75) is 26.3 Å². The van der Waals surface area contributed by atoms with Gasteiger partial charge in [0.15, 0.2) is 17.3 Å². The largest absolute Gasteiger partial charge is 0.493 e. The highest BCUT2D eigenvalue weighted by atomic mass is 16.5. The van der Waals surface area contributed by atoms with E-state index in [2.05, 4.69) is 24.3 Å². The van der Waals surface area contributed by atoms with Gasteiger partial charge in [-0.1, -0.05) is 31.1 Å². The van der Waals surface area contributed by atoms with Gasteiger partial charge in [0, 0.05) is 24.1 Å². The Hall–Kier alpha value is -2.17. The van der Waals surface area contributed by atoms with Crippen molar-refractivity contribution in [2.75, 3.05) is 19.5 Å². The second-order valence-corrected chi connectivity index (χ2v) is 4.78. The Morgan fingerprint density at radius 3 is 2.65 bits per heavy atom. The van der Waals surface area contributed by atoms with E-state index in [0.717, 1.165) is 28.6 Å². The molecule has 0 aliphatic carbocycles. The molecule has 0 atom stereocenters. The van der Waals surface area contributed by atoms with Gasteiger partial charge in [-0.2, -0.15) is 0 Å². The maximum atomic E-state index is 5.39. The van der Waals surface area contributed by atoms with Crippen LogP contribution in [0.4, 0.5) is 5.82 Å². The number of ether oxygens (including phenoxy) is 2. The number of anilines is 1. The number of rotatable bonds is 6. The third kappa shape index (κ3) is 3.04. The molecule has 0 spiro atoms. The Kier molecular flexibility index (Phi) is 4.50. The van der Waals surface area contributed by atoms with E-state index in [0.29, 0.717) is 12.5 Å². The average molecular weight is 276 g/mol. The lowest BCUT2D eigenvalue weighted by Gasteiger charge is -2.12. The number of nitrogens with one attached hydrogen (secondary N) is 1. The molecule has 2 rings (SSSR count). The van der Waals surface area contributed by atoms with E-state index in [9.17, 15) is 0 Å². The summed E-state index contributed by atoms with van der Waals surface area (Å²) in [6.45, 7) is 4.72. The van der Waals surface area contributed by atoms with Gasteiger partial charge in [-0.25, -0.2) is 0 Å². The number of hydrogen-bond donors (Lipinski definition) is 1. The molecule has 1 N–H and O–H groups in total. The molecule has 0 saturated heterocycles. The van der Waals surface area contributed by atoms with Gasteiger partial charge in [0.05, 0.1) is 14.2 Å². The van der Waals surface area contributed by atoms with Gasteiger partial charge < -0.3 is 19.3 Å². The predicted octanol–water partition coefficient (Wildman–Crippen LogP) is 3.43. The van der Waals surface area contributed by atoms with Crippen LogP contribution >= 0.6 is 0 Å². The van der Waals surface area contributed by atoms with Crippen molar-refractivity contribution in [2.24, 2.45) is 0 Å². The smallest absolute Gasteiger partial charge is 0.169 e. The monoisotopic (exact) mass is 276 g/mol.